The molecule has 1 amide bonds. The first-order valence-electron chi connectivity index (χ1n) is 6.58. The summed E-state index contributed by atoms with van der Waals surface area (Å²) >= 11 is 2.68. The Morgan fingerprint density at radius 2 is 2.09 bits per heavy atom. The fraction of sp³-hybridized carbons (Fsp3) is 0.286. The Bertz CT molecular complexity index is 901. The standard InChI is InChI=1S/C14H14N4O2S2/c1-14(2,3)9-7-22-12(16-9)17-10(19)8-6-15-13-18(11(8)20)4-5-21-13/h4-7H,1-3H3,(H,16,17,19). The monoisotopic (exact) mass is 334 g/mol. The van der Waals surface area contributed by atoms with E-state index in [1.165, 1.54) is 33.3 Å². The van der Waals surface area contributed by atoms with E-state index in [1.54, 1.807) is 11.6 Å². The molecule has 0 saturated carbocycles. The second-order valence-electron chi connectivity index (χ2n) is 5.77. The van der Waals surface area contributed by atoms with Crippen LogP contribution in [0.4, 0.5) is 5.13 Å². The normalized spacial score (nSPS) is 11.8. The first-order valence-corrected chi connectivity index (χ1v) is 8.34. The highest BCUT2D eigenvalue weighted by atomic mass is 32.1. The van der Waals surface area contributed by atoms with E-state index in [2.05, 4.69) is 36.1 Å². The van der Waals surface area contributed by atoms with Gasteiger partial charge in [0.25, 0.3) is 11.5 Å². The number of thiazole rings is 2. The Morgan fingerprint density at radius 3 is 2.77 bits per heavy atom. The number of anilines is 1. The molecule has 0 fully saturated rings. The number of nitrogens with one attached hydrogen (secondary N) is 1. The number of aromatic nitrogens is 3. The summed E-state index contributed by atoms with van der Waals surface area (Å²) in [5.41, 5.74) is 0.437. The zero-order valence-electron chi connectivity index (χ0n) is 12.3. The molecule has 0 bridgehead atoms. The maximum atomic E-state index is 12.3. The lowest BCUT2D eigenvalue weighted by molar-refractivity contribution is 0.102. The van der Waals surface area contributed by atoms with Crippen molar-refractivity contribution in [3.63, 3.8) is 0 Å². The molecule has 0 atom stereocenters. The molecule has 0 aliphatic carbocycles. The maximum Gasteiger partial charge on any atom is 0.271 e. The maximum absolute atomic E-state index is 12.3. The molecule has 0 aromatic carbocycles. The minimum absolute atomic E-state index is 0.00316. The Hall–Kier alpha value is -2.06. The highest BCUT2D eigenvalue weighted by Gasteiger charge is 2.19. The van der Waals surface area contributed by atoms with Crippen molar-refractivity contribution in [1.29, 1.82) is 0 Å². The van der Waals surface area contributed by atoms with Gasteiger partial charge in [0, 0.05) is 28.6 Å². The van der Waals surface area contributed by atoms with Crippen LogP contribution in [0.3, 0.4) is 0 Å². The van der Waals surface area contributed by atoms with E-state index in [9.17, 15) is 9.59 Å². The summed E-state index contributed by atoms with van der Waals surface area (Å²) in [6.07, 6.45) is 2.91. The minimum Gasteiger partial charge on any atom is -0.298 e. The number of nitrogens with zero attached hydrogens (tertiary/aromatic N) is 3. The van der Waals surface area contributed by atoms with Crippen LogP contribution in [0.2, 0.25) is 0 Å². The van der Waals surface area contributed by atoms with Crippen LogP contribution in [0.25, 0.3) is 4.96 Å². The first kappa shape index (κ1) is 14.9. The van der Waals surface area contributed by atoms with Gasteiger partial charge in [0.1, 0.15) is 5.56 Å². The molecule has 0 radical (unpaired) electrons. The summed E-state index contributed by atoms with van der Waals surface area (Å²) in [5.74, 6) is -0.493. The average Bonchev–Trinajstić information content (AvgIpc) is 3.06. The third kappa shape index (κ3) is 2.67. The topological polar surface area (TPSA) is 76.4 Å². The minimum atomic E-state index is -0.493. The predicted molar refractivity (Wildman–Crippen MR) is 88.1 cm³/mol. The van der Waals surface area contributed by atoms with Gasteiger partial charge >= 0.3 is 0 Å². The molecule has 0 unspecified atom stereocenters. The molecular formula is C14H14N4O2S2. The molecule has 1 N–H and O–H groups in total. The van der Waals surface area contributed by atoms with Gasteiger partial charge in [-0.25, -0.2) is 9.97 Å². The van der Waals surface area contributed by atoms with Gasteiger partial charge < -0.3 is 0 Å². The summed E-state index contributed by atoms with van der Waals surface area (Å²) < 4.78 is 1.36. The van der Waals surface area contributed by atoms with Crippen LogP contribution in [-0.2, 0) is 5.41 Å². The summed E-state index contributed by atoms with van der Waals surface area (Å²) in [6.45, 7) is 6.15. The smallest absolute Gasteiger partial charge is 0.271 e. The van der Waals surface area contributed by atoms with Crippen LogP contribution >= 0.6 is 22.7 Å². The fourth-order valence-electron chi connectivity index (χ4n) is 1.82. The zero-order valence-corrected chi connectivity index (χ0v) is 13.9. The van der Waals surface area contributed by atoms with Gasteiger partial charge in [-0.15, -0.1) is 22.7 Å². The molecular weight excluding hydrogens is 320 g/mol. The van der Waals surface area contributed by atoms with Crippen LogP contribution in [0.1, 0.15) is 36.8 Å². The molecule has 3 heterocycles. The summed E-state index contributed by atoms with van der Waals surface area (Å²) in [4.78, 5) is 33.6. The SMILES string of the molecule is CC(C)(C)c1csc(NC(=O)c2cnc3sccn3c2=O)n1. The lowest BCUT2D eigenvalue weighted by Crippen LogP contribution is -2.25. The van der Waals surface area contributed by atoms with Crippen LogP contribution < -0.4 is 10.9 Å². The van der Waals surface area contributed by atoms with Crippen LogP contribution in [0.5, 0.6) is 0 Å². The highest BCUT2D eigenvalue weighted by molar-refractivity contribution is 7.15. The van der Waals surface area contributed by atoms with Crippen molar-refractivity contribution in [3.8, 4) is 0 Å². The molecule has 6 nitrogen and oxygen atoms in total. The fourth-order valence-corrected chi connectivity index (χ4v) is 3.43. The van der Waals surface area contributed by atoms with Crippen LogP contribution in [-0.4, -0.2) is 20.3 Å². The second-order valence-corrected chi connectivity index (χ2v) is 7.51. The average molecular weight is 334 g/mol. The number of carbonyl (C=O) groups is 1. The van der Waals surface area contributed by atoms with E-state index in [4.69, 9.17) is 0 Å². The quantitative estimate of drug-likeness (QED) is 0.782. The predicted octanol–water partition coefficient (Wildman–Crippen LogP) is 2.76. The number of hydrogen-bond donors (Lipinski definition) is 1. The van der Waals surface area contributed by atoms with E-state index >= 15 is 0 Å². The number of amides is 1. The Labute approximate surface area is 134 Å². The van der Waals surface area contributed by atoms with Crippen molar-refractivity contribution in [1.82, 2.24) is 14.4 Å². The molecule has 22 heavy (non-hydrogen) atoms. The lowest BCUT2D eigenvalue weighted by atomic mass is 9.93. The molecule has 0 saturated heterocycles. The molecule has 3 rings (SSSR count). The number of fused-ring (bicyclic) bond motifs is 1. The van der Waals surface area contributed by atoms with Crippen molar-refractivity contribution >= 4 is 38.7 Å². The van der Waals surface area contributed by atoms with Gasteiger partial charge in [0.15, 0.2) is 10.1 Å². The van der Waals surface area contributed by atoms with Crippen molar-refractivity contribution < 1.29 is 4.79 Å². The molecule has 0 aliphatic heterocycles. The van der Waals surface area contributed by atoms with E-state index in [1.807, 2.05) is 5.38 Å². The van der Waals surface area contributed by atoms with Crippen molar-refractivity contribution in [2.24, 2.45) is 0 Å². The lowest BCUT2D eigenvalue weighted by Gasteiger charge is -2.14. The van der Waals surface area contributed by atoms with Gasteiger partial charge in [-0.2, -0.15) is 0 Å². The third-order valence-corrected chi connectivity index (χ3v) is 4.61. The van der Waals surface area contributed by atoms with Crippen molar-refractivity contribution in [3.05, 3.63) is 44.8 Å². The molecule has 114 valence electrons. The van der Waals surface area contributed by atoms with E-state index in [0.717, 1.165) is 5.69 Å². The zero-order chi connectivity index (χ0) is 15.9. The van der Waals surface area contributed by atoms with Crippen LogP contribution in [0, 0.1) is 0 Å². The number of rotatable bonds is 2. The Balaban J connectivity index is 1.89. The van der Waals surface area contributed by atoms with Gasteiger partial charge in [-0.3, -0.25) is 19.3 Å². The summed E-state index contributed by atoms with van der Waals surface area (Å²) in [6, 6.07) is 0. The Morgan fingerprint density at radius 1 is 1.32 bits per heavy atom. The first-order chi connectivity index (χ1) is 10.4. The van der Waals surface area contributed by atoms with Gasteiger partial charge in [0.2, 0.25) is 0 Å². The Kier molecular flexibility index (Phi) is 3.57. The molecule has 3 aromatic heterocycles. The summed E-state index contributed by atoms with van der Waals surface area (Å²) in [5, 5.41) is 6.80. The van der Waals surface area contributed by atoms with Crippen molar-refractivity contribution in [2.75, 3.05) is 5.32 Å². The van der Waals surface area contributed by atoms with E-state index < -0.39 is 5.91 Å². The van der Waals surface area contributed by atoms with Crippen LogP contribution in [0.15, 0.2) is 27.9 Å². The molecule has 0 spiro atoms. The molecule has 8 heteroatoms. The van der Waals surface area contributed by atoms with E-state index in [-0.39, 0.29) is 16.5 Å². The number of hydrogen-bond acceptors (Lipinski definition) is 6. The van der Waals surface area contributed by atoms with Gasteiger partial charge in [0.05, 0.1) is 5.69 Å². The van der Waals surface area contributed by atoms with E-state index in [0.29, 0.717) is 10.1 Å². The summed E-state index contributed by atoms with van der Waals surface area (Å²) in [7, 11) is 0. The number of carbonyl (C=O) groups excluding carboxylic acids is 1. The van der Waals surface area contributed by atoms with Crippen molar-refractivity contribution in [2.45, 2.75) is 26.2 Å². The molecule has 0 aliphatic rings. The van der Waals surface area contributed by atoms with Gasteiger partial charge in [-0.05, 0) is 0 Å². The molecule has 3 aromatic rings. The largest absolute Gasteiger partial charge is 0.298 e. The highest BCUT2D eigenvalue weighted by Crippen LogP contribution is 2.26. The third-order valence-electron chi connectivity index (χ3n) is 3.08. The second kappa shape index (κ2) is 5.29. The van der Waals surface area contributed by atoms with Gasteiger partial charge in [-0.1, -0.05) is 20.8 Å².